The van der Waals surface area contributed by atoms with Gasteiger partial charge in [-0.1, -0.05) is 6.07 Å². The first-order valence-electron chi connectivity index (χ1n) is 5.52. The second kappa shape index (κ2) is 4.71. The highest BCUT2D eigenvalue weighted by atomic mass is 32.1. The van der Waals surface area contributed by atoms with Gasteiger partial charge >= 0.3 is 0 Å². The first-order chi connectivity index (χ1) is 8.83. The van der Waals surface area contributed by atoms with Crippen molar-refractivity contribution in [3.63, 3.8) is 0 Å². The van der Waals surface area contributed by atoms with Crippen LogP contribution in [0.1, 0.15) is 17.6 Å². The number of H-pyrrole nitrogens is 2. The molecule has 3 rings (SSSR count). The van der Waals surface area contributed by atoms with E-state index in [0.29, 0.717) is 18.1 Å². The van der Waals surface area contributed by atoms with Gasteiger partial charge in [0, 0.05) is 18.3 Å². The number of aromatic nitrogens is 5. The number of nitrogens with zero attached hydrogens (tertiary/aromatic N) is 3. The normalized spacial score (nSPS) is 12.7. The van der Waals surface area contributed by atoms with Gasteiger partial charge in [0.15, 0.2) is 5.82 Å². The molecule has 6 nitrogen and oxygen atoms in total. The van der Waals surface area contributed by atoms with Crippen molar-refractivity contribution in [1.82, 2.24) is 25.1 Å². The summed E-state index contributed by atoms with van der Waals surface area (Å²) in [5.74, 6) is 1.38. The molecule has 92 valence electrons. The van der Waals surface area contributed by atoms with Crippen molar-refractivity contribution < 1.29 is 0 Å². The van der Waals surface area contributed by atoms with E-state index in [1.165, 1.54) is 0 Å². The van der Waals surface area contributed by atoms with E-state index in [9.17, 15) is 0 Å². The van der Waals surface area contributed by atoms with Crippen LogP contribution in [0.5, 0.6) is 0 Å². The topological polar surface area (TPSA) is 96.3 Å². The van der Waals surface area contributed by atoms with Gasteiger partial charge in [-0.05, 0) is 11.4 Å². The summed E-state index contributed by atoms with van der Waals surface area (Å²) in [6.07, 6.45) is 4.05. The lowest BCUT2D eigenvalue weighted by atomic mass is 10.2. The SMILES string of the molecule is NC(Cc1cnc[nH]1)c1nc(-c2cccs2)n[nH]1. The van der Waals surface area contributed by atoms with Crippen LogP contribution in [-0.2, 0) is 6.42 Å². The highest BCUT2D eigenvalue weighted by Crippen LogP contribution is 2.21. The number of thiophene rings is 1. The van der Waals surface area contributed by atoms with Crippen molar-refractivity contribution in [1.29, 1.82) is 0 Å². The summed E-state index contributed by atoms with van der Waals surface area (Å²) in [4.78, 5) is 12.4. The molecule has 0 aromatic carbocycles. The summed E-state index contributed by atoms with van der Waals surface area (Å²) in [5, 5.41) is 9.07. The zero-order valence-electron chi connectivity index (χ0n) is 9.50. The Morgan fingerprint density at radius 3 is 3.11 bits per heavy atom. The molecule has 0 spiro atoms. The van der Waals surface area contributed by atoms with Crippen molar-refractivity contribution in [2.24, 2.45) is 5.73 Å². The zero-order valence-corrected chi connectivity index (χ0v) is 10.3. The fraction of sp³-hybridized carbons (Fsp3) is 0.182. The minimum absolute atomic E-state index is 0.216. The van der Waals surface area contributed by atoms with Gasteiger partial charge < -0.3 is 10.7 Å². The van der Waals surface area contributed by atoms with Crippen molar-refractivity contribution >= 4 is 11.3 Å². The van der Waals surface area contributed by atoms with E-state index in [1.54, 1.807) is 23.9 Å². The first kappa shape index (κ1) is 11.1. The smallest absolute Gasteiger partial charge is 0.191 e. The van der Waals surface area contributed by atoms with Gasteiger partial charge in [-0.3, -0.25) is 5.10 Å². The Morgan fingerprint density at radius 2 is 2.39 bits per heavy atom. The molecule has 0 saturated carbocycles. The van der Waals surface area contributed by atoms with E-state index in [2.05, 4.69) is 25.1 Å². The van der Waals surface area contributed by atoms with Crippen LogP contribution >= 0.6 is 11.3 Å². The summed E-state index contributed by atoms with van der Waals surface area (Å²) >= 11 is 1.60. The third-order valence-electron chi connectivity index (χ3n) is 2.59. The van der Waals surface area contributed by atoms with Crippen LogP contribution in [0.3, 0.4) is 0 Å². The van der Waals surface area contributed by atoms with Gasteiger partial charge in [-0.15, -0.1) is 11.3 Å². The van der Waals surface area contributed by atoms with Crippen LogP contribution < -0.4 is 5.73 Å². The van der Waals surface area contributed by atoms with Crippen LogP contribution in [-0.4, -0.2) is 25.1 Å². The monoisotopic (exact) mass is 260 g/mol. The number of rotatable bonds is 4. The number of imidazole rings is 1. The molecule has 0 saturated heterocycles. The van der Waals surface area contributed by atoms with Gasteiger partial charge in [-0.25, -0.2) is 9.97 Å². The molecule has 1 unspecified atom stereocenters. The Bertz CT molecular complexity index is 597. The fourth-order valence-corrected chi connectivity index (χ4v) is 2.34. The summed E-state index contributed by atoms with van der Waals surface area (Å²) in [7, 11) is 0. The third kappa shape index (κ3) is 2.18. The molecular weight excluding hydrogens is 248 g/mol. The minimum Gasteiger partial charge on any atom is -0.348 e. The van der Waals surface area contributed by atoms with Gasteiger partial charge in [0.05, 0.1) is 17.2 Å². The van der Waals surface area contributed by atoms with E-state index in [-0.39, 0.29) is 6.04 Å². The Kier molecular flexibility index (Phi) is 2.91. The van der Waals surface area contributed by atoms with E-state index in [1.807, 2.05) is 17.5 Å². The van der Waals surface area contributed by atoms with Crippen LogP contribution in [0.15, 0.2) is 30.0 Å². The molecule has 0 aliphatic carbocycles. The molecule has 3 heterocycles. The number of hydrogen-bond donors (Lipinski definition) is 3. The molecule has 1 atom stereocenters. The number of hydrogen-bond acceptors (Lipinski definition) is 5. The Labute approximate surface area is 107 Å². The standard InChI is InChI=1S/C11H12N6S/c12-8(4-7-5-13-6-14-7)10-15-11(17-16-10)9-2-1-3-18-9/h1-3,5-6,8H,4,12H2,(H,13,14)(H,15,16,17). The van der Waals surface area contributed by atoms with Crippen molar-refractivity contribution in [2.45, 2.75) is 12.5 Å². The molecule has 4 N–H and O–H groups in total. The van der Waals surface area contributed by atoms with E-state index in [4.69, 9.17) is 5.73 Å². The molecule has 0 bridgehead atoms. The average molecular weight is 260 g/mol. The largest absolute Gasteiger partial charge is 0.348 e. The van der Waals surface area contributed by atoms with E-state index < -0.39 is 0 Å². The lowest BCUT2D eigenvalue weighted by Gasteiger charge is -2.05. The maximum atomic E-state index is 6.07. The minimum atomic E-state index is -0.216. The molecule has 0 aliphatic heterocycles. The van der Waals surface area contributed by atoms with Crippen LogP contribution in [0, 0.1) is 0 Å². The van der Waals surface area contributed by atoms with E-state index >= 15 is 0 Å². The second-order valence-corrected chi connectivity index (χ2v) is 4.86. The van der Waals surface area contributed by atoms with Crippen molar-refractivity contribution in [3.8, 4) is 10.7 Å². The molecule has 18 heavy (non-hydrogen) atoms. The highest BCUT2D eigenvalue weighted by Gasteiger charge is 2.14. The predicted octanol–water partition coefficient (Wildman–Crippen LogP) is 1.50. The molecule has 3 aromatic rings. The van der Waals surface area contributed by atoms with Gasteiger partial charge in [0.25, 0.3) is 0 Å². The molecule has 7 heteroatoms. The molecule has 0 radical (unpaired) electrons. The Morgan fingerprint density at radius 1 is 1.44 bits per heavy atom. The van der Waals surface area contributed by atoms with Gasteiger partial charge in [0.1, 0.15) is 5.82 Å². The number of nitrogens with two attached hydrogens (primary N) is 1. The second-order valence-electron chi connectivity index (χ2n) is 3.91. The lowest BCUT2D eigenvalue weighted by molar-refractivity contribution is 0.662. The maximum Gasteiger partial charge on any atom is 0.191 e. The summed E-state index contributed by atoms with van der Waals surface area (Å²) in [5.41, 5.74) is 7.06. The van der Waals surface area contributed by atoms with Crippen LogP contribution in [0.4, 0.5) is 0 Å². The van der Waals surface area contributed by atoms with E-state index in [0.717, 1.165) is 10.6 Å². The van der Waals surface area contributed by atoms with Crippen LogP contribution in [0.2, 0.25) is 0 Å². The Balaban J connectivity index is 1.77. The van der Waals surface area contributed by atoms with Crippen LogP contribution in [0.25, 0.3) is 10.7 Å². The third-order valence-corrected chi connectivity index (χ3v) is 3.46. The lowest BCUT2D eigenvalue weighted by Crippen LogP contribution is -2.15. The molecule has 0 amide bonds. The van der Waals surface area contributed by atoms with Crippen molar-refractivity contribution in [2.75, 3.05) is 0 Å². The predicted molar refractivity (Wildman–Crippen MR) is 68.9 cm³/mol. The molecular formula is C11H12N6S. The summed E-state index contributed by atoms with van der Waals surface area (Å²) in [6, 6.07) is 3.74. The average Bonchev–Trinajstić information content (AvgIpc) is 3.11. The Hall–Kier alpha value is -1.99. The maximum absolute atomic E-state index is 6.07. The molecule has 0 fully saturated rings. The first-order valence-corrected chi connectivity index (χ1v) is 6.40. The quantitative estimate of drug-likeness (QED) is 0.662. The molecule has 3 aromatic heterocycles. The fourth-order valence-electron chi connectivity index (χ4n) is 1.69. The summed E-state index contributed by atoms with van der Waals surface area (Å²) < 4.78 is 0. The summed E-state index contributed by atoms with van der Waals surface area (Å²) in [6.45, 7) is 0. The number of nitrogens with one attached hydrogen (secondary N) is 2. The van der Waals surface area contributed by atoms with Gasteiger partial charge in [0.2, 0.25) is 0 Å². The van der Waals surface area contributed by atoms with Crippen molar-refractivity contribution in [3.05, 3.63) is 41.6 Å². The highest BCUT2D eigenvalue weighted by molar-refractivity contribution is 7.13. The van der Waals surface area contributed by atoms with Gasteiger partial charge in [-0.2, -0.15) is 5.10 Å². The number of aromatic amines is 2. The molecule has 0 aliphatic rings. The zero-order chi connectivity index (χ0) is 12.4.